The van der Waals surface area contributed by atoms with Gasteiger partial charge < -0.3 is 55.1 Å². The minimum atomic E-state index is -2.22. The van der Waals surface area contributed by atoms with Gasteiger partial charge in [0.25, 0.3) is 0 Å². The Labute approximate surface area is 130 Å². The Morgan fingerprint density at radius 3 is 1.87 bits per heavy atom. The summed E-state index contributed by atoms with van der Waals surface area (Å²) in [5.74, 6) is -2.22. The molecular weight excluding hydrogens is 320 g/mol. The summed E-state index contributed by atoms with van der Waals surface area (Å²) in [5, 5.41) is 76.7. The van der Waals surface area contributed by atoms with Crippen LogP contribution in [0.25, 0.3) is 0 Å². The Balaban J connectivity index is 2.18. The van der Waals surface area contributed by atoms with E-state index in [1.807, 2.05) is 0 Å². The Bertz CT molecular complexity index is 393. The van der Waals surface area contributed by atoms with Crippen LogP contribution >= 0.6 is 0 Å². The molecule has 8 N–H and O–H groups in total. The van der Waals surface area contributed by atoms with Crippen LogP contribution in [0.5, 0.6) is 0 Å². The molecule has 2 heterocycles. The number of hydrogen-bond donors (Lipinski definition) is 8. The zero-order chi connectivity index (χ0) is 17.4. The standard InChI is InChI=1S/C12H22O11/c13-1-4-6(16)8(18)9(19)11(21-4)23-12(3-15)10(20)7(17)5(2-14)22-12/h4-11,13-20H,1-3H2/t4?,5-,6?,7?,8+,9?,10?,11+,12+/m1/s1. The SMILES string of the molecule is OCC1O[C@@H](O[C@]2(CO)O[C@H](CO)C(O)C2O)C(O)[C@@H](O)C1O. The van der Waals surface area contributed by atoms with Gasteiger partial charge in [-0.05, 0) is 0 Å². The smallest absolute Gasteiger partial charge is 0.224 e. The fraction of sp³-hybridized carbons (Fsp3) is 1.00. The Hall–Kier alpha value is -0.440. The molecule has 11 heteroatoms. The van der Waals surface area contributed by atoms with E-state index in [9.17, 15) is 30.6 Å². The molecule has 0 aliphatic carbocycles. The molecule has 2 saturated heterocycles. The van der Waals surface area contributed by atoms with Gasteiger partial charge in [0, 0.05) is 0 Å². The molecule has 0 aromatic carbocycles. The normalized spacial score (nSPS) is 51.1. The lowest BCUT2D eigenvalue weighted by Gasteiger charge is -2.43. The summed E-state index contributed by atoms with van der Waals surface area (Å²) in [6.45, 7) is -2.32. The average molecular weight is 342 g/mol. The molecule has 0 radical (unpaired) electrons. The Morgan fingerprint density at radius 2 is 1.39 bits per heavy atom. The zero-order valence-electron chi connectivity index (χ0n) is 12.0. The summed E-state index contributed by atoms with van der Waals surface area (Å²) in [4.78, 5) is 0. The number of rotatable bonds is 5. The first-order chi connectivity index (χ1) is 10.8. The molecule has 0 spiro atoms. The molecule has 2 rings (SSSR count). The maximum Gasteiger partial charge on any atom is 0.224 e. The maximum absolute atomic E-state index is 10.00. The van der Waals surface area contributed by atoms with Gasteiger partial charge in [-0.2, -0.15) is 0 Å². The predicted octanol–water partition coefficient (Wildman–Crippen LogP) is -5.40. The van der Waals surface area contributed by atoms with Gasteiger partial charge in [0.2, 0.25) is 5.79 Å². The second kappa shape index (κ2) is 7.21. The highest BCUT2D eigenvalue weighted by atomic mass is 16.8. The summed E-state index contributed by atoms with van der Waals surface area (Å²) >= 11 is 0. The number of aliphatic hydroxyl groups is 8. The number of ether oxygens (including phenoxy) is 3. The van der Waals surface area contributed by atoms with Crippen LogP contribution in [0.1, 0.15) is 0 Å². The van der Waals surface area contributed by atoms with Gasteiger partial charge in [0.15, 0.2) is 6.29 Å². The third kappa shape index (κ3) is 3.23. The molecule has 2 aliphatic heterocycles. The number of hydrogen-bond acceptors (Lipinski definition) is 11. The van der Waals surface area contributed by atoms with Crippen LogP contribution in [0, 0.1) is 0 Å². The average Bonchev–Trinajstić information content (AvgIpc) is 2.80. The molecular formula is C12H22O11. The van der Waals surface area contributed by atoms with E-state index in [0.717, 1.165) is 0 Å². The van der Waals surface area contributed by atoms with Gasteiger partial charge in [-0.15, -0.1) is 0 Å². The fourth-order valence-corrected chi connectivity index (χ4v) is 2.63. The van der Waals surface area contributed by atoms with Gasteiger partial charge in [-0.25, -0.2) is 0 Å². The molecule has 9 atom stereocenters. The second-order valence-corrected chi connectivity index (χ2v) is 5.56. The van der Waals surface area contributed by atoms with Crippen LogP contribution < -0.4 is 0 Å². The summed E-state index contributed by atoms with van der Waals surface area (Å²) < 4.78 is 15.4. The van der Waals surface area contributed by atoms with Crippen molar-refractivity contribution in [2.75, 3.05) is 19.8 Å². The highest BCUT2D eigenvalue weighted by Crippen LogP contribution is 2.35. The van der Waals surface area contributed by atoms with Crippen LogP contribution in [-0.2, 0) is 14.2 Å². The highest BCUT2D eigenvalue weighted by Gasteiger charge is 2.58. The van der Waals surface area contributed by atoms with Crippen molar-refractivity contribution in [3.63, 3.8) is 0 Å². The van der Waals surface area contributed by atoms with Crippen molar-refractivity contribution in [3.8, 4) is 0 Å². The lowest BCUT2D eigenvalue weighted by atomic mass is 9.99. The van der Waals surface area contributed by atoms with Gasteiger partial charge in [-0.1, -0.05) is 0 Å². The van der Waals surface area contributed by atoms with Crippen molar-refractivity contribution in [2.45, 2.75) is 54.8 Å². The lowest BCUT2D eigenvalue weighted by Crippen LogP contribution is -2.62. The first-order valence-corrected chi connectivity index (χ1v) is 7.05. The van der Waals surface area contributed by atoms with Crippen molar-refractivity contribution in [2.24, 2.45) is 0 Å². The van der Waals surface area contributed by atoms with Crippen molar-refractivity contribution >= 4 is 0 Å². The molecule has 0 bridgehead atoms. The minimum absolute atomic E-state index is 0.669. The van der Waals surface area contributed by atoms with Crippen LogP contribution in [0.4, 0.5) is 0 Å². The predicted molar refractivity (Wildman–Crippen MR) is 68.6 cm³/mol. The first-order valence-electron chi connectivity index (χ1n) is 7.05. The van der Waals surface area contributed by atoms with Crippen molar-refractivity contribution in [3.05, 3.63) is 0 Å². The highest BCUT2D eigenvalue weighted by molar-refractivity contribution is 4.98. The molecule has 136 valence electrons. The first kappa shape index (κ1) is 18.9. The van der Waals surface area contributed by atoms with E-state index < -0.39 is 74.6 Å². The van der Waals surface area contributed by atoms with Gasteiger partial charge in [0.1, 0.15) is 49.3 Å². The van der Waals surface area contributed by atoms with E-state index in [1.54, 1.807) is 0 Å². The molecule has 0 aromatic rings. The van der Waals surface area contributed by atoms with E-state index >= 15 is 0 Å². The molecule has 2 aliphatic rings. The summed E-state index contributed by atoms with van der Waals surface area (Å²) in [7, 11) is 0. The van der Waals surface area contributed by atoms with E-state index in [4.69, 9.17) is 24.4 Å². The Morgan fingerprint density at radius 1 is 0.783 bits per heavy atom. The third-order valence-electron chi connectivity index (χ3n) is 4.07. The summed E-state index contributed by atoms with van der Waals surface area (Å²) in [6.07, 6.45) is -12.7. The van der Waals surface area contributed by atoms with Crippen molar-refractivity contribution < 1.29 is 55.1 Å². The zero-order valence-corrected chi connectivity index (χ0v) is 12.0. The van der Waals surface area contributed by atoms with Gasteiger partial charge in [-0.3, -0.25) is 0 Å². The molecule has 0 aromatic heterocycles. The van der Waals surface area contributed by atoms with Gasteiger partial charge in [0.05, 0.1) is 13.2 Å². The maximum atomic E-state index is 10.00. The molecule has 2 fully saturated rings. The fourth-order valence-electron chi connectivity index (χ4n) is 2.63. The molecule has 0 saturated carbocycles. The Kier molecular flexibility index (Phi) is 5.92. The lowest BCUT2D eigenvalue weighted by molar-refractivity contribution is -0.383. The van der Waals surface area contributed by atoms with Crippen LogP contribution in [0.2, 0.25) is 0 Å². The quantitative estimate of drug-likeness (QED) is 0.238. The third-order valence-corrected chi connectivity index (χ3v) is 4.07. The topological polar surface area (TPSA) is 190 Å². The van der Waals surface area contributed by atoms with E-state index in [2.05, 4.69) is 0 Å². The molecule has 5 unspecified atom stereocenters. The van der Waals surface area contributed by atoms with E-state index in [1.165, 1.54) is 0 Å². The molecule has 11 nitrogen and oxygen atoms in total. The minimum Gasteiger partial charge on any atom is -0.394 e. The second-order valence-electron chi connectivity index (χ2n) is 5.56. The van der Waals surface area contributed by atoms with Gasteiger partial charge >= 0.3 is 0 Å². The number of aliphatic hydroxyl groups excluding tert-OH is 8. The van der Waals surface area contributed by atoms with Crippen molar-refractivity contribution in [1.29, 1.82) is 0 Å². The monoisotopic (exact) mass is 342 g/mol. The molecule has 23 heavy (non-hydrogen) atoms. The van der Waals surface area contributed by atoms with E-state index in [-0.39, 0.29) is 0 Å². The summed E-state index contributed by atoms with van der Waals surface area (Å²) in [5.41, 5.74) is 0. The van der Waals surface area contributed by atoms with Crippen LogP contribution in [-0.4, -0.2) is 115 Å². The van der Waals surface area contributed by atoms with Crippen LogP contribution in [0.3, 0.4) is 0 Å². The molecule has 0 amide bonds. The van der Waals surface area contributed by atoms with Crippen LogP contribution in [0.15, 0.2) is 0 Å². The van der Waals surface area contributed by atoms with Crippen molar-refractivity contribution in [1.82, 2.24) is 0 Å². The van der Waals surface area contributed by atoms with E-state index in [0.29, 0.717) is 0 Å². The largest absolute Gasteiger partial charge is 0.394 e. The summed E-state index contributed by atoms with van der Waals surface area (Å²) in [6, 6.07) is 0.